The monoisotopic (exact) mass is 1480 g/mol. The molecule has 2 aromatic heterocycles. The average molecular weight is 1480 g/mol. The number of hydrogen-bond acceptors (Lipinski definition) is 2. The minimum Gasteiger partial charge on any atom is -0.455 e. The maximum atomic E-state index is 6.58. The first-order valence-electron chi connectivity index (χ1n) is 40.5. The Balaban J connectivity index is 0.000000137. The summed E-state index contributed by atoms with van der Waals surface area (Å²) in [6.45, 7) is 9.45. The predicted octanol–water partition coefficient (Wildman–Crippen LogP) is 32.0. The van der Waals surface area contributed by atoms with Gasteiger partial charge in [0.15, 0.2) is 0 Å². The first-order valence-corrected chi connectivity index (χ1v) is 40.5. The third-order valence-electron chi connectivity index (χ3n) is 25.7. The van der Waals surface area contributed by atoms with Gasteiger partial charge in [-0.2, -0.15) is 0 Å². The number of rotatable bonds is 8. The molecule has 0 aliphatic heterocycles. The predicted molar refractivity (Wildman–Crippen MR) is 491 cm³/mol. The molecular weight excluding hydrogens is 1400 g/mol. The molecule has 0 saturated carbocycles. The van der Waals surface area contributed by atoms with Crippen LogP contribution in [0.1, 0.15) is 49.9 Å². The van der Waals surface area contributed by atoms with E-state index in [4.69, 9.17) is 8.83 Å². The SMILES string of the molecule is CC1(C)c2ccc(-c3ccc(-c4c5ccccc5c(-c5ccc(-c6cccc7c6oc6ccccc67)cc5)c5ccccc45)cc3)cc2-c2cc3ccccc3cc21.CC1(C)c2ccc(-c3ccc(-c4c5ccccc5c(-c5ccccc5-c5cccc6c5oc5ccccc56)c5ccccc45)cc3)cc2-c2cc3ccccc3cc21. The lowest BCUT2D eigenvalue weighted by Gasteiger charge is -2.22. The molecule has 0 atom stereocenters. The van der Waals surface area contributed by atoms with Gasteiger partial charge in [-0.1, -0.05) is 367 Å². The molecule has 0 spiro atoms. The van der Waals surface area contributed by atoms with Crippen molar-refractivity contribution in [2.45, 2.75) is 38.5 Å². The Morgan fingerprint density at radius 3 is 0.845 bits per heavy atom. The van der Waals surface area contributed by atoms with Gasteiger partial charge in [-0.15, -0.1) is 0 Å². The van der Waals surface area contributed by atoms with E-state index in [1.165, 1.54) is 176 Å². The summed E-state index contributed by atoms with van der Waals surface area (Å²) in [5.41, 5.74) is 33.9. The first kappa shape index (κ1) is 67.3. The van der Waals surface area contributed by atoms with Crippen LogP contribution in [0.25, 0.3) is 220 Å². The fraction of sp³-hybridized carbons (Fsp3) is 0.0526. The van der Waals surface area contributed by atoms with Gasteiger partial charge >= 0.3 is 0 Å². The number of benzene rings is 20. The molecule has 544 valence electrons. The molecule has 0 saturated heterocycles. The van der Waals surface area contributed by atoms with Crippen LogP contribution in [0.2, 0.25) is 0 Å². The molecule has 24 rings (SSSR count). The van der Waals surface area contributed by atoms with Gasteiger partial charge in [-0.3, -0.25) is 0 Å². The van der Waals surface area contributed by atoms with Crippen molar-refractivity contribution in [2.75, 3.05) is 0 Å². The Hall–Kier alpha value is -14.4. The fourth-order valence-electron chi connectivity index (χ4n) is 20.1. The summed E-state index contributed by atoms with van der Waals surface area (Å²) in [5.74, 6) is 0. The van der Waals surface area contributed by atoms with Crippen molar-refractivity contribution in [1.82, 2.24) is 0 Å². The van der Waals surface area contributed by atoms with Crippen LogP contribution in [0.15, 0.2) is 397 Å². The van der Waals surface area contributed by atoms with Crippen molar-refractivity contribution in [2.24, 2.45) is 0 Å². The Morgan fingerprint density at radius 2 is 0.440 bits per heavy atom. The van der Waals surface area contributed by atoms with Crippen molar-refractivity contribution in [3.63, 3.8) is 0 Å². The van der Waals surface area contributed by atoms with Crippen molar-refractivity contribution in [3.05, 3.63) is 411 Å². The Kier molecular flexibility index (Phi) is 15.1. The Bertz CT molecular complexity index is 7740. The molecule has 22 aromatic rings. The topological polar surface area (TPSA) is 26.3 Å². The summed E-state index contributed by atoms with van der Waals surface area (Å²) in [6, 6.07) is 143. The van der Waals surface area contributed by atoms with Gasteiger partial charge in [0.25, 0.3) is 0 Å². The molecule has 2 heteroatoms. The molecule has 0 amide bonds. The molecule has 2 heterocycles. The second kappa shape index (κ2) is 26.1. The van der Waals surface area contributed by atoms with E-state index in [-0.39, 0.29) is 10.8 Å². The van der Waals surface area contributed by atoms with Crippen LogP contribution in [0.3, 0.4) is 0 Å². The van der Waals surface area contributed by atoms with E-state index in [1.807, 2.05) is 18.2 Å². The summed E-state index contributed by atoms with van der Waals surface area (Å²) in [5, 5.41) is 19.7. The van der Waals surface area contributed by atoms with Crippen molar-refractivity contribution in [3.8, 4) is 111 Å². The van der Waals surface area contributed by atoms with Crippen LogP contribution < -0.4 is 0 Å². The highest BCUT2D eigenvalue weighted by Crippen LogP contribution is 2.55. The van der Waals surface area contributed by atoms with Crippen molar-refractivity contribution < 1.29 is 8.83 Å². The minimum atomic E-state index is -0.0490. The molecule has 0 fully saturated rings. The highest BCUT2D eigenvalue weighted by molar-refractivity contribution is 6.25. The lowest BCUT2D eigenvalue weighted by atomic mass is 9.81. The van der Waals surface area contributed by atoms with E-state index in [0.29, 0.717) is 0 Å². The number of para-hydroxylation sites is 4. The van der Waals surface area contributed by atoms with Crippen molar-refractivity contribution >= 4 is 109 Å². The highest BCUT2D eigenvalue weighted by Gasteiger charge is 2.38. The number of fused-ring (bicyclic) bond motifs is 18. The summed E-state index contributed by atoms with van der Waals surface area (Å²) in [6.07, 6.45) is 0. The number of hydrogen-bond donors (Lipinski definition) is 0. The second-order valence-electron chi connectivity index (χ2n) is 32.8. The Labute approximate surface area is 673 Å². The summed E-state index contributed by atoms with van der Waals surface area (Å²) < 4.78 is 13.0. The molecule has 0 bridgehead atoms. The first-order chi connectivity index (χ1) is 57.0. The lowest BCUT2D eigenvalue weighted by molar-refractivity contribution is 0.661. The average Bonchev–Trinajstić information content (AvgIpc) is 1.64. The van der Waals surface area contributed by atoms with Crippen LogP contribution in [0.5, 0.6) is 0 Å². The van der Waals surface area contributed by atoms with E-state index >= 15 is 0 Å². The zero-order chi connectivity index (χ0) is 77.1. The third kappa shape index (κ3) is 10.4. The van der Waals surface area contributed by atoms with E-state index in [0.717, 1.165) is 66.1 Å². The summed E-state index contributed by atoms with van der Waals surface area (Å²) >= 11 is 0. The maximum Gasteiger partial charge on any atom is 0.143 e. The van der Waals surface area contributed by atoms with Crippen LogP contribution in [-0.4, -0.2) is 0 Å². The lowest BCUT2D eigenvalue weighted by Crippen LogP contribution is -2.14. The smallest absolute Gasteiger partial charge is 0.143 e. The number of furan rings is 2. The molecule has 2 nitrogen and oxygen atoms in total. The van der Waals surface area contributed by atoms with Crippen LogP contribution in [0, 0.1) is 0 Å². The minimum absolute atomic E-state index is 0.0441. The van der Waals surface area contributed by atoms with Crippen LogP contribution >= 0.6 is 0 Å². The molecule has 2 aliphatic rings. The zero-order valence-corrected chi connectivity index (χ0v) is 64.8. The zero-order valence-electron chi connectivity index (χ0n) is 64.8. The van der Waals surface area contributed by atoms with Crippen molar-refractivity contribution in [1.29, 1.82) is 0 Å². The van der Waals surface area contributed by atoms with Gasteiger partial charge in [0.05, 0.1) is 0 Å². The molecule has 20 aromatic carbocycles. The molecule has 0 radical (unpaired) electrons. The fourth-order valence-corrected chi connectivity index (χ4v) is 20.1. The Morgan fingerprint density at radius 1 is 0.164 bits per heavy atom. The van der Waals surface area contributed by atoms with E-state index in [2.05, 4.69) is 398 Å². The van der Waals surface area contributed by atoms with Crippen LogP contribution in [-0.2, 0) is 10.8 Å². The normalized spacial score (nSPS) is 13.1. The second-order valence-corrected chi connectivity index (χ2v) is 32.8. The summed E-state index contributed by atoms with van der Waals surface area (Å²) in [7, 11) is 0. The molecule has 2 aliphatic carbocycles. The van der Waals surface area contributed by atoms with E-state index in [9.17, 15) is 0 Å². The van der Waals surface area contributed by atoms with Gasteiger partial charge in [0.1, 0.15) is 22.3 Å². The molecular formula is C114H76O2. The summed E-state index contributed by atoms with van der Waals surface area (Å²) in [4.78, 5) is 0. The molecule has 0 unspecified atom stereocenters. The highest BCUT2D eigenvalue weighted by atomic mass is 16.3. The van der Waals surface area contributed by atoms with Gasteiger partial charge < -0.3 is 8.83 Å². The van der Waals surface area contributed by atoms with Gasteiger partial charge in [-0.25, -0.2) is 0 Å². The van der Waals surface area contributed by atoms with E-state index < -0.39 is 0 Å². The quantitative estimate of drug-likeness (QED) is 0.142. The van der Waals surface area contributed by atoms with Gasteiger partial charge in [-0.05, 0) is 236 Å². The van der Waals surface area contributed by atoms with Gasteiger partial charge in [0, 0.05) is 43.5 Å². The van der Waals surface area contributed by atoms with Crippen LogP contribution in [0.4, 0.5) is 0 Å². The standard InChI is InChI=1S/2C57H38O/c1-57(2)51-31-30-41(33-49(51)50-32-39-12-3-4-13-40(39)34-52(50)57)35-22-26-37(27-23-35)54-44-15-5-7-17-46(44)55(47-18-8-6-16-45(47)54)38-28-24-36(25-29-38)42-19-11-20-48-43-14-9-10-21-53(43)58-56(42)48;1-57(2)51-31-30-39(33-49(51)50-32-37-14-3-4-15-38(37)34-52(50)57)35-26-28-36(29-27-35)54-43-19-7-9-21-45(43)55(46-22-10-8-20-44(46)54)42-18-6-5-16-40(42)47-23-13-24-48-41-17-11-12-25-53(41)58-56(47)48/h2*3-34H,1-2H3. The maximum absolute atomic E-state index is 6.58. The third-order valence-corrected chi connectivity index (χ3v) is 25.7. The van der Waals surface area contributed by atoms with E-state index in [1.54, 1.807) is 0 Å². The largest absolute Gasteiger partial charge is 0.455 e. The molecule has 116 heavy (non-hydrogen) atoms. The molecule has 0 N–H and O–H groups in total. The van der Waals surface area contributed by atoms with Gasteiger partial charge in [0.2, 0.25) is 0 Å².